The van der Waals surface area contributed by atoms with Crippen LogP contribution < -0.4 is 11.1 Å². The SMILES string of the molecule is CCCCCCCCCN(CCCCCCCCC)C(=N)NC(=N)N. The van der Waals surface area contributed by atoms with E-state index in [1.165, 1.54) is 77.0 Å². The summed E-state index contributed by atoms with van der Waals surface area (Å²) >= 11 is 0. The van der Waals surface area contributed by atoms with Gasteiger partial charge in [-0.2, -0.15) is 0 Å². The lowest BCUT2D eigenvalue weighted by Crippen LogP contribution is -2.46. The Morgan fingerprint density at radius 1 is 0.680 bits per heavy atom. The Morgan fingerprint density at radius 3 is 1.40 bits per heavy atom. The van der Waals surface area contributed by atoms with Gasteiger partial charge in [0, 0.05) is 13.1 Å². The predicted octanol–water partition coefficient (Wildman–Crippen LogP) is 5.21. The lowest BCUT2D eigenvalue weighted by molar-refractivity contribution is 0.374. The van der Waals surface area contributed by atoms with E-state index in [1.807, 2.05) is 0 Å². The third-order valence-electron chi connectivity index (χ3n) is 4.63. The van der Waals surface area contributed by atoms with Crippen LogP contribution in [0.5, 0.6) is 0 Å². The highest BCUT2D eigenvalue weighted by molar-refractivity contribution is 5.94. The molecule has 0 saturated heterocycles. The minimum atomic E-state index is -0.144. The minimum Gasteiger partial charge on any atom is -0.370 e. The van der Waals surface area contributed by atoms with Gasteiger partial charge in [0.2, 0.25) is 0 Å². The van der Waals surface area contributed by atoms with Gasteiger partial charge in [-0.25, -0.2) is 0 Å². The molecule has 0 radical (unpaired) electrons. The Labute approximate surface area is 156 Å². The van der Waals surface area contributed by atoms with Crippen molar-refractivity contribution in [3.63, 3.8) is 0 Å². The molecule has 0 aromatic carbocycles. The van der Waals surface area contributed by atoms with Crippen LogP contribution in [0.1, 0.15) is 104 Å². The summed E-state index contributed by atoms with van der Waals surface area (Å²) in [5, 5.41) is 18.1. The summed E-state index contributed by atoms with van der Waals surface area (Å²) in [4.78, 5) is 2.06. The molecule has 148 valence electrons. The first-order valence-electron chi connectivity index (χ1n) is 10.6. The number of nitrogens with zero attached hydrogens (tertiary/aromatic N) is 1. The van der Waals surface area contributed by atoms with E-state index in [2.05, 4.69) is 24.1 Å². The fraction of sp³-hybridized carbons (Fsp3) is 0.900. The van der Waals surface area contributed by atoms with E-state index in [0.717, 1.165) is 25.9 Å². The molecule has 0 saturated carbocycles. The zero-order valence-corrected chi connectivity index (χ0v) is 16.8. The highest BCUT2D eigenvalue weighted by Crippen LogP contribution is 2.10. The van der Waals surface area contributed by atoms with Crippen LogP contribution in [0, 0.1) is 10.8 Å². The van der Waals surface area contributed by atoms with E-state index in [1.54, 1.807) is 0 Å². The molecule has 0 atom stereocenters. The molecular weight excluding hydrogens is 310 g/mol. The first-order chi connectivity index (χ1) is 12.1. The summed E-state index contributed by atoms with van der Waals surface area (Å²) in [6, 6.07) is 0. The van der Waals surface area contributed by atoms with Crippen LogP contribution in [-0.2, 0) is 0 Å². The summed E-state index contributed by atoms with van der Waals surface area (Å²) in [6.45, 7) is 6.27. The molecule has 0 bridgehead atoms. The van der Waals surface area contributed by atoms with Crippen molar-refractivity contribution in [1.29, 1.82) is 10.8 Å². The lowest BCUT2D eigenvalue weighted by atomic mass is 10.1. The molecule has 0 unspecified atom stereocenters. The topological polar surface area (TPSA) is 89.0 Å². The maximum Gasteiger partial charge on any atom is 0.197 e. The van der Waals surface area contributed by atoms with Crippen LogP contribution >= 0.6 is 0 Å². The highest BCUT2D eigenvalue weighted by Gasteiger charge is 2.09. The van der Waals surface area contributed by atoms with Crippen molar-refractivity contribution in [1.82, 2.24) is 10.2 Å². The number of unbranched alkanes of at least 4 members (excludes halogenated alkanes) is 12. The van der Waals surface area contributed by atoms with Crippen LogP contribution in [0.25, 0.3) is 0 Å². The third kappa shape index (κ3) is 16.0. The van der Waals surface area contributed by atoms with Crippen LogP contribution in [-0.4, -0.2) is 29.9 Å². The molecule has 0 aliphatic carbocycles. The van der Waals surface area contributed by atoms with Crippen LogP contribution in [0.4, 0.5) is 0 Å². The van der Waals surface area contributed by atoms with Crippen LogP contribution in [0.2, 0.25) is 0 Å². The fourth-order valence-electron chi connectivity index (χ4n) is 3.06. The van der Waals surface area contributed by atoms with Crippen molar-refractivity contribution in [2.24, 2.45) is 5.73 Å². The lowest BCUT2D eigenvalue weighted by Gasteiger charge is -2.25. The average Bonchev–Trinajstić information content (AvgIpc) is 2.57. The van der Waals surface area contributed by atoms with Gasteiger partial charge in [-0.15, -0.1) is 0 Å². The smallest absolute Gasteiger partial charge is 0.197 e. The predicted molar refractivity (Wildman–Crippen MR) is 110 cm³/mol. The molecule has 0 spiro atoms. The van der Waals surface area contributed by atoms with E-state index < -0.39 is 0 Å². The van der Waals surface area contributed by atoms with Gasteiger partial charge < -0.3 is 10.6 Å². The van der Waals surface area contributed by atoms with E-state index in [-0.39, 0.29) is 11.9 Å². The largest absolute Gasteiger partial charge is 0.370 e. The van der Waals surface area contributed by atoms with Crippen molar-refractivity contribution in [2.75, 3.05) is 13.1 Å². The van der Waals surface area contributed by atoms with Crippen molar-refractivity contribution >= 4 is 11.9 Å². The van der Waals surface area contributed by atoms with E-state index in [0.29, 0.717) is 0 Å². The van der Waals surface area contributed by atoms with Crippen LogP contribution in [0.3, 0.4) is 0 Å². The Bertz CT molecular complexity index is 312. The van der Waals surface area contributed by atoms with Gasteiger partial charge in [-0.1, -0.05) is 90.9 Å². The molecule has 0 aliphatic heterocycles. The Balaban J connectivity index is 3.94. The van der Waals surface area contributed by atoms with Crippen molar-refractivity contribution in [3.8, 4) is 0 Å². The fourth-order valence-corrected chi connectivity index (χ4v) is 3.06. The summed E-state index contributed by atoms with van der Waals surface area (Å²) < 4.78 is 0. The van der Waals surface area contributed by atoms with Crippen molar-refractivity contribution in [2.45, 2.75) is 104 Å². The van der Waals surface area contributed by atoms with E-state index in [9.17, 15) is 0 Å². The molecular formula is C20H43N5. The molecule has 0 aliphatic rings. The quantitative estimate of drug-likeness (QED) is 0.174. The minimum absolute atomic E-state index is 0.144. The number of rotatable bonds is 16. The molecule has 0 amide bonds. The highest BCUT2D eigenvalue weighted by atomic mass is 15.3. The number of nitrogens with one attached hydrogen (secondary N) is 3. The summed E-state index contributed by atoms with van der Waals surface area (Å²) in [5.74, 6) is 0.138. The van der Waals surface area contributed by atoms with Gasteiger partial charge in [0.05, 0.1) is 0 Å². The molecule has 0 rings (SSSR count). The molecule has 5 heteroatoms. The number of nitrogens with two attached hydrogens (primary N) is 1. The van der Waals surface area contributed by atoms with Gasteiger partial charge in [0.1, 0.15) is 0 Å². The van der Waals surface area contributed by atoms with Crippen molar-refractivity contribution < 1.29 is 0 Å². The van der Waals surface area contributed by atoms with E-state index >= 15 is 0 Å². The normalized spacial score (nSPS) is 10.6. The first-order valence-corrected chi connectivity index (χ1v) is 10.6. The van der Waals surface area contributed by atoms with Gasteiger partial charge in [-0.3, -0.25) is 16.1 Å². The number of hydrogen-bond donors (Lipinski definition) is 4. The summed E-state index contributed by atoms with van der Waals surface area (Å²) in [7, 11) is 0. The van der Waals surface area contributed by atoms with Crippen LogP contribution in [0.15, 0.2) is 0 Å². The third-order valence-corrected chi connectivity index (χ3v) is 4.63. The molecule has 0 aromatic heterocycles. The molecule has 0 aromatic rings. The summed E-state index contributed by atoms with van der Waals surface area (Å²) in [6.07, 6.45) is 17.9. The average molecular weight is 354 g/mol. The maximum absolute atomic E-state index is 8.11. The van der Waals surface area contributed by atoms with Gasteiger partial charge in [-0.05, 0) is 12.8 Å². The Kier molecular flexibility index (Phi) is 16.7. The Hall–Kier alpha value is -1.26. The van der Waals surface area contributed by atoms with Gasteiger partial charge in [0.15, 0.2) is 11.9 Å². The molecule has 25 heavy (non-hydrogen) atoms. The first kappa shape index (κ1) is 23.7. The van der Waals surface area contributed by atoms with E-state index in [4.69, 9.17) is 16.6 Å². The Morgan fingerprint density at radius 2 is 1.04 bits per heavy atom. The standard InChI is InChI=1S/C20H43N5/c1-3-5-7-9-11-13-15-17-25(20(23)24-19(21)22)18-16-14-12-10-8-6-4-2/h3-18H2,1-2H3,(H5,21,22,23,24). The monoisotopic (exact) mass is 353 g/mol. The number of guanidine groups is 2. The molecule has 5 nitrogen and oxygen atoms in total. The molecule has 5 N–H and O–H groups in total. The van der Waals surface area contributed by atoms with Crippen molar-refractivity contribution in [3.05, 3.63) is 0 Å². The maximum atomic E-state index is 8.11. The zero-order valence-electron chi connectivity index (χ0n) is 16.8. The van der Waals surface area contributed by atoms with Gasteiger partial charge >= 0.3 is 0 Å². The zero-order chi connectivity index (χ0) is 18.8. The molecule has 0 heterocycles. The molecule has 0 fully saturated rings. The van der Waals surface area contributed by atoms with Gasteiger partial charge in [0.25, 0.3) is 0 Å². The second-order valence-electron chi connectivity index (χ2n) is 7.12. The number of hydrogen-bond acceptors (Lipinski definition) is 2. The summed E-state index contributed by atoms with van der Waals surface area (Å²) in [5.41, 5.74) is 5.38. The second kappa shape index (κ2) is 17.6. The second-order valence-corrected chi connectivity index (χ2v) is 7.12.